The minimum absolute atomic E-state index is 0.120. The zero-order valence-corrected chi connectivity index (χ0v) is 7.86. The van der Waals surface area contributed by atoms with Gasteiger partial charge in [-0.05, 0) is 5.56 Å². The van der Waals surface area contributed by atoms with Gasteiger partial charge in [0.2, 0.25) is 12.3 Å². The van der Waals surface area contributed by atoms with Gasteiger partial charge in [0, 0.05) is 17.4 Å². The predicted molar refractivity (Wildman–Crippen MR) is 53.6 cm³/mol. The molecule has 1 amide bonds. The summed E-state index contributed by atoms with van der Waals surface area (Å²) in [5.41, 5.74) is 0.301. The minimum atomic E-state index is -3.02. The Hall–Kier alpha value is -1.45. The quantitative estimate of drug-likeness (QED) is 0.825. The number of carbonyl (C=O) groups is 1. The van der Waals surface area contributed by atoms with Gasteiger partial charge in [-0.3, -0.25) is 4.79 Å². The van der Waals surface area contributed by atoms with Crippen LogP contribution in [0.2, 0.25) is 1.41 Å². The van der Waals surface area contributed by atoms with E-state index in [-0.39, 0.29) is 5.31 Å². The second kappa shape index (κ2) is 5.44. The number of halogens is 2. The van der Waals surface area contributed by atoms with Crippen LogP contribution in [0, 0.1) is 0 Å². The highest BCUT2D eigenvalue weighted by atomic mass is 19.3. The van der Waals surface area contributed by atoms with Crippen LogP contribution in [0.15, 0.2) is 30.3 Å². The van der Waals surface area contributed by atoms with E-state index >= 15 is 0 Å². The molecule has 82 valence electrons. The molecule has 15 heavy (non-hydrogen) atoms. The molecule has 0 radical (unpaired) electrons. The summed E-state index contributed by atoms with van der Waals surface area (Å²) in [6.07, 6.45) is -3.53. The van der Waals surface area contributed by atoms with Gasteiger partial charge in [-0.2, -0.15) is 0 Å². The third kappa shape index (κ3) is 4.06. The zero-order valence-electron chi connectivity index (χ0n) is 11.9. The molecule has 1 aromatic carbocycles. The summed E-state index contributed by atoms with van der Waals surface area (Å²) in [6, 6.07) is 6.46. The first-order valence-corrected chi connectivity index (χ1v) is 4.39. The lowest BCUT2D eigenvalue weighted by atomic mass is 10.0. The van der Waals surface area contributed by atoms with Crippen LogP contribution < -0.4 is 5.31 Å². The van der Waals surface area contributed by atoms with E-state index in [9.17, 15) is 13.6 Å². The van der Waals surface area contributed by atoms with E-state index < -0.39 is 31.6 Å². The van der Waals surface area contributed by atoms with Crippen molar-refractivity contribution in [2.24, 2.45) is 0 Å². The molecule has 0 bridgehead atoms. The third-order valence-corrected chi connectivity index (χ3v) is 1.86. The van der Waals surface area contributed by atoms with Crippen molar-refractivity contribution in [1.29, 1.82) is 0 Å². The van der Waals surface area contributed by atoms with E-state index in [2.05, 4.69) is 0 Å². The molecule has 0 aromatic heterocycles. The van der Waals surface area contributed by atoms with Gasteiger partial charge in [-0.25, -0.2) is 8.78 Å². The first kappa shape index (κ1) is 6.93. The van der Waals surface area contributed by atoms with E-state index in [1.54, 1.807) is 18.2 Å². The molecule has 1 N–H and O–H groups in total. The second-order valence-electron chi connectivity index (χ2n) is 2.99. The maximum absolute atomic E-state index is 12.5. The van der Waals surface area contributed by atoms with E-state index in [1.807, 2.05) is 0 Å². The number of carbonyl (C=O) groups excluding carboxylic acids is 1. The molecule has 1 atom stereocenters. The average Bonchev–Trinajstić information content (AvgIpc) is 2.34. The fraction of sp³-hybridized carbons (Fsp3) is 0.364. The minimum Gasteiger partial charge on any atom is -0.349 e. The van der Waals surface area contributed by atoms with Crippen LogP contribution in [0.5, 0.6) is 0 Å². The van der Waals surface area contributed by atoms with Crippen LogP contribution >= 0.6 is 0 Å². The lowest BCUT2D eigenvalue weighted by Gasteiger charge is -2.17. The Morgan fingerprint density at radius 2 is 2.20 bits per heavy atom. The molecule has 1 rings (SSSR count). The van der Waals surface area contributed by atoms with Crippen LogP contribution in [0.3, 0.4) is 0 Å². The molecular weight excluding hydrogens is 200 g/mol. The first-order chi connectivity index (χ1) is 8.73. The van der Waals surface area contributed by atoms with Crippen LogP contribution in [0.25, 0.3) is 0 Å². The molecule has 0 heterocycles. The van der Waals surface area contributed by atoms with Gasteiger partial charge in [-0.1, -0.05) is 30.3 Å². The van der Waals surface area contributed by atoms with Gasteiger partial charge in [0.1, 0.15) is 0 Å². The molecule has 4 heteroatoms. The summed E-state index contributed by atoms with van der Waals surface area (Å²) >= 11 is 0. The van der Waals surface area contributed by atoms with Gasteiger partial charge in [0.25, 0.3) is 0 Å². The van der Waals surface area contributed by atoms with Gasteiger partial charge in [0.05, 0.1) is 6.04 Å². The molecule has 1 aromatic rings. The summed E-state index contributed by atoms with van der Waals surface area (Å²) in [5, 5.41) is 0.120. The monoisotopic (exact) mass is 217 g/mol. The zero-order chi connectivity index (χ0) is 14.6. The van der Waals surface area contributed by atoms with Gasteiger partial charge < -0.3 is 5.31 Å². The highest BCUT2D eigenvalue weighted by Gasteiger charge is 2.17. The maximum atomic E-state index is 12.5. The normalized spacial score (nSPS) is 17.3. The summed E-state index contributed by atoms with van der Waals surface area (Å²) in [6.45, 7) is -3.02. The fourth-order valence-electron chi connectivity index (χ4n) is 1.25. The van der Waals surface area contributed by atoms with Crippen molar-refractivity contribution in [3.8, 4) is 0 Å². The Morgan fingerprint density at radius 1 is 1.53 bits per heavy atom. The summed E-state index contributed by atoms with van der Waals surface area (Å²) < 4.78 is 53.4. The number of hydrogen-bond acceptors (Lipinski definition) is 1. The molecule has 0 aliphatic carbocycles. The summed E-state index contributed by atoms with van der Waals surface area (Å²) in [5.74, 6) is -1.47. The average molecular weight is 217 g/mol. The van der Waals surface area contributed by atoms with Crippen LogP contribution in [-0.4, -0.2) is 12.3 Å². The SMILES string of the molecule is [2H]N(C(=O)C([2H])([2H])[2H])C(CC(F)F)c1ccccc1. The number of nitrogens with one attached hydrogen (secondary N) is 1. The number of rotatable bonds is 4. The molecule has 2 nitrogen and oxygen atoms in total. The summed E-state index contributed by atoms with van der Waals surface area (Å²) in [7, 11) is 0. The summed E-state index contributed by atoms with van der Waals surface area (Å²) in [4.78, 5) is 11.5. The van der Waals surface area contributed by atoms with Crippen LogP contribution in [0.4, 0.5) is 8.78 Å². The predicted octanol–water partition coefficient (Wildman–Crippen LogP) is 2.52. The lowest BCUT2D eigenvalue weighted by Crippen LogP contribution is -2.27. The molecule has 0 saturated heterocycles. The second-order valence-corrected chi connectivity index (χ2v) is 2.99. The van der Waals surface area contributed by atoms with E-state index in [4.69, 9.17) is 5.52 Å². The van der Waals surface area contributed by atoms with E-state index in [0.29, 0.717) is 5.56 Å². The first-order valence-electron chi connectivity index (χ1n) is 6.34. The molecule has 0 saturated carbocycles. The Kier molecular flexibility index (Phi) is 2.51. The van der Waals surface area contributed by atoms with Crippen molar-refractivity contribution in [3.63, 3.8) is 0 Å². The van der Waals surface area contributed by atoms with E-state index in [1.165, 1.54) is 12.1 Å². The van der Waals surface area contributed by atoms with Crippen molar-refractivity contribution < 1.29 is 19.1 Å². The largest absolute Gasteiger partial charge is 0.349 e. The van der Waals surface area contributed by atoms with Crippen molar-refractivity contribution in [2.75, 3.05) is 0 Å². The van der Waals surface area contributed by atoms with Crippen LogP contribution in [-0.2, 0) is 4.79 Å². The molecule has 0 spiro atoms. The van der Waals surface area contributed by atoms with Gasteiger partial charge in [-0.15, -0.1) is 0 Å². The molecule has 0 aliphatic heterocycles. The number of hydrogen-bond donors (Lipinski definition) is 1. The van der Waals surface area contributed by atoms with Gasteiger partial charge >= 0.3 is 0 Å². The molecule has 0 aliphatic rings. The Bertz CT molecular complexity index is 424. The van der Waals surface area contributed by atoms with Gasteiger partial charge in [0.15, 0.2) is 1.41 Å². The molecule has 1 unspecified atom stereocenters. The standard InChI is InChI=1S/C11H13F2NO/c1-8(15)14-10(7-11(12)13)9-5-3-2-4-6-9/h2-6,10-11H,7H2,1H3,(H,14,15)/i1D3/hD. The van der Waals surface area contributed by atoms with E-state index in [0.717, 1.165) is 0 Å². The number of amides is 1. The van der Waals surface area contributed by atoms with Crippen molar-refractivity contribution >= 4 is 5.91 Å². The van der Waals surface area contributed by atoms with Crippen molar-refractivity contribution in [1.82, 2.24) is 5.31 Å². The Balaban J connectivity index is 3.01. The van der Waals surface area contributed by atoms with Crippen molar-refractivity contribution in [3.05, 3.63) is 35.9 Å². The highest BCUT2D eigenvalue weighted by Crippen LogP contribution is 2.20. The van der Waals surface area contributed by atoms with Crippen LogP contribution in [0.1, 0.15) is 29.0 Å². The Labute approximate surface area is 93.0 Å². The lowest BCUT2D eigenvalue weighted by molar-refractivity contribution is -0.119. The molecular formula is C11H13F2NO. The topological polar surface area (TPSA) is 29.1 Å². The highest BCUT2D eigenvalue weighted by molar-refractivity contribution is 5.73. The third-order valence-electron chi connectivity index (χ3n) is 1.86. The smallest absolute Gasteiger partial charge is 0.240 e. The number of alkyl halides is 2. The Morgan fingerprint density at radius 3 is 2.73 bits per heavy atom. The van der Waals surface area contributed by atoms with Crippen molar-refractivity contribution in [2.45, 2.75) is 25.7 Å². The number of benzene rings is 1. The maximum Gasteiger partial charge on any atom is 0.240 e. The molecule has 0 fully saturated rings. The fourth-order valence-corrected chi connectivity index (χ4v) is 1.25.